The van der Waals surface area contributed by atoms with Gasteiger partial charge in [-0.2, -0.15) is 0 Å². The van der Waals surface area contributed by atoms with Crippen molar-refractivity contribution in [3.05, 3.63) is 218 Å². The van der Waals surface area contributed by atoms with Crippen LogP contribution in [0.2, 0.25) is 0 Å². The normalized spacial score (nSPS) is 12.6. The third kappa shape index (κ3) is 5.15. The molecule has 0 spiro atoms. The average Bonchev–Trinajstić information content (AvgIpc) is 3.65. The number of benzene rings is 9. The molecule has 1 aromatic heterocycles. The Morgan fingerprint density at radius 3 is 1.64 bits per heavy atom. The van der Waals surface area contributed by atoms with Crippen molar-refractivity contribution in [2.24, 2.45) is 0 Å². The molecule has 0 radical (unpaired) electrons. The maximum Gasteiger partial charge on any atom is 0.434 e. The molecule has 276 valence electrons. The Balaban J connectivity index is 1.10. The third-order valence-electron chi connectivity index (χ3n) is 12.4. The van der Waals surface area contributed by atoms with Gasteiger partial charge in [-0.1, -0.05) is 170 Å². The van der Waals surface area contributed by atoms with Crippen LogP contribution in [0.5, 0.6) is 17.2 Å². The minimum atomic E-state index is -2.81. The van der Waals surface area contributed by atoms with Gasteiger partial charge in [0, 0.05) is 32.9 Å². The van der Waals surface area contributed by atoms with E-state index >= 15 is 0 Å². The van der Waals surface area contributed by atoms with Gasteiger partial charge in [0.15, 0.2) is 8.07 Å². The fourth-order valence-electron chi connectivity index (χ4n) is 9.85. The largest absolute Gasteiger partial charge is 0.551 e. The van der Waals surface area contributed by atoms with Gasteiger partial charge in [-0.05, 0) is 86.0 Å². The number of rotatable bonds is 6. The van der Waals surface area contributed by atoms with E-state index in [9.17, 15) is 0 Å². The fourth-order valence-corrected chi connectivity index (χ4v) is 14.6. The van der Waals surface area contributed by atoms with E-state index in [1.807, 2.05) is 6.07 Å². The van der Waals surface area contributed by atoms with Crippen molar-refractivity contribution in [1.29, 1.82) is 0 Å². The Kier molecular flexibility index (Phi) is 7.65. The van der Waals surface area contributed by atoms with E-state index < -0.39 is 8.07 Å². The topological polar surface area (TPSA) is 23.4 Å². The minimum absolute atomic E-state index is 0.291. The van der Waals surface area contributed by atoms with Crippen molar-refractivity contribution in [2.45, 2.75) is 0 Å². The maximum atomic E-state index is 7.08. The highest BCUT2D eigenvalue weighted by Gasteiger charge is 2.44. The zero-order valence-corrected chi connectivity index (χ0v) is 33.1. The molecule has 0 amide bonds. The summed E-state index contributed by atoms with van der Waals surface area (Å²) in [5.74, 6) is 2.54. The van der Waals surface area contributed by atoms with Crippen LogP contribution in [0.15, 0.2) is 218 Å². The average molecular weight is 770 g/mol. The van der Waals surface area contributed by atoms with Crippen LogP contribution in [-0.4, -0.2) is 19.6 Å². The van der Waals surface area contributed by atoms with Gasteiger partial charge in [0.25, 0.3) is 0 Å². The molecule has 59 heavy (non-hydrogen) atoms. The summed E-state index contributed by atoms with van der Waals surface area (Å²) in [5, 5.41) is 7.80. The minimum Gasteiger partial charge on any atom is -0.551 e. The maximum absolute atomic E-state index is 7.08. The molecule has 0 fully saturated rings. The molecule has 10 aromatic rings. The molecule has 0 aliphatic carbocycles. The van der Waals surface area contributed by atoms with Crippen molar-refractivity contribution in [3.63, 3.8) is 0 Å². The summed E-state index contributed by atoms with van der Waals surface area (Å²) in [6.07, 6.45) is 0. The molecule has 0 bridgehead atoms. The second-order valence-corrected chi connectivity index (χ2v) is 19.4. The van der Waals surface area contributed by atoms with E-state index in [-0.39, 0.29) is 6.92 Å². The molecule has 9 aromatic carbocycles. The predicted molar refractivity (Wildman–Crippen MR) is 247 cm³/mol. The second kappa shape index (κ2) is 13.4. The number of hydrogen-bond acceptors (Lipinski definition) is 2. The molecular formula is C54H36BNO2Si. The molecule has 12 rings (SSSR count). The molecule has 2 aliphatic heterocycles. The number of ether oxygens (including phenoxy) is 1. The summed E-state index contributed by atoms with van der Waals surface area (Å²) < 4.78 is 16.3. The van der Waals surface area contributed by atoms with Gasteiger partial charge in [-0.3, -0.25) is 0 Å². The van der Waals surface area contributed by atoms with Gasteiger partial charge < -0.3 is 14.0 Å². The van der Waals surface area contributed by atoms with Gasteiger partial charge in [-0.15, -0.1) is 0 Å². The first kappa shape index (κ1) is 33.8. The Labute approximate surface area is 344 Å². The molecule has 0 unspecified atom stereocenters. The Morgan fingerprint density at radius 1 is 0.390 bits per heavy atom. The van der Waals surface area contributed by atoms with Crippen LogP contribution in [0.25, 0.3) is 49.7 Å². The van der Waals surface area contributed by atoms with Crippen molar-refractivity contribution in [3.8, 4) is 45.2 Å². The van der Waals surface area contributed by atoms with Crippen LogP contribution in [0.4, 0.5) is 0 Å². The Hall–Kier alpha value is -7.34. The number of hydrogen-bond donors (Lipinski definition) is 0. The van der Waals surface area contributed by atoms with Crippen molar-refractivity contribution >= 4 is 68.5 Å². The van der Waals surface area contributed by atoms with Crippen molar-refractivity contribution in [1.82, 2.24) is 4.57 Å². The van der Waals surface area contributed by atoms with E-state index in [2.05, 4.69) is 217 Å². The van der Waals surface area contributed by atoms with Crippen LogP contribution in [-0.2, 0) is 0 Å². The first-order valence-electron chi connectivity index (χ1n) is 20.3. The molecule has 3 heterocycles. The SMILES string of the molecule is c1ccc([Si](c2ccccc2)(c2ccccc2)c2ccc3c(c2)-c2cc(-c4cccc(-n5c6ccccc6c6ccccc65)c4)cc4c2B(O3)c2ccccc2O4)cc1. The lowest BCUT2D eigenvalue weighted by Crippen LogP contribution is -2.74. The summed E-state index contributed by atoms with van der Waals surface area (Å²) in [4.78, 5) is 0. The smallest absolute Gasteiger partial charge is 0.434 e. The van der Waals surface area contributed by atoms with E-state index in [1.54, 1.807) is 0 Å². The van der Waals surface area contributed by atoms with Gasteiger partial charge in [-0.25, -0.2) is 0 Å². The summed E-state index contributed by atoms with van der Waals surface area (Å²) in [6, 6.07) is 79.4. The third-order valence-corrected chi connectivity index (χ3v) is 17.2. The summed E-state index contributed by atoms with van der Waals surface area (Å²) >= 11 is 0. The van der Waals surface area contributed by atoms with Crippen molar-refractivity contribution in [2.75, 3.05) is 0 Å². The van der Waals surface area contributed by atoms with E-state index in [0.29, 0.717) is 0 Å². The van der Waals surface area contributed by atoms with E-state index in [0.717, 1.165) is 56.1 Å². The van der Waals surface area contributed by atoms with Gasteiger partial charge in [0.1, 0.15) is 17.2 Å². The summed E-state index contributed by atoms with van der Waals surface area (Å²) in [5.41, 5.74) is 10.0. The number of para-hydroxylation sites is 3. The molecule has 0 saturated heterocycles. The van der Waals surface area contributed by atoms with E-state index in [1.165, 1.54) is 42.6 Å². The molecule has 0 atom stereocenters. The quantitative estimate of drug-likeness (QED) is 0.125. The zero-order chi connectivity index (χ0) is 38.9. The van der Waals surface area contributed by atoms with Crippen LogP contribution in [0, 0.1) is 0 Å². The second-order valence-electron chi connectivity index (χ2n) is 15.6. The van der Waals surface area contributed by atoms with Gasteiger partial charge >= 0.3 is 6.92 Å². The number of fused-ring (bicyclic) bond motifs is 7. The molecule has 0 N–H and O–H groups in total. The summed E-state index contributed by atoms with van der Waals surface area (Å²) in [6.45, 7) is -0.291. The fraction of sp³-hybridized carbons (Fsp3) is 0. The Morgan fingerprint density at radius 2 is 0.983 bits per heavy atom. The number of aromatic nitrogens is 1. The van der Waals surface area contributed by atoms with Crippen LogP contribution < -0.4 is 41.1 Å². The highest BCUT2D eigenvalue weighted by Crippen LogP contribution is 2.42. The molecule has 0 saturated carbocycles. The van der Waals surface area contributed by atoms with E-state index in [4.69, 9.17) is 9.39 Å². The molecule has 3 nitrogen and oxygen atoms in total. The lowest BCUT2D eigenvalue weighted by Gasteiger charge is -2.37. The highest BCUT2D eigenvalue weighted by molar-refractivity contribution is 7.20. The highest BCUT2D eigenvalue weighted by atomic mass is 28.3. The lowest BCUT2D eigenvalue weighted by atomic mass is 9.50. The molecule has 5 heteroatoms. The number of nitrogens with zero attached hydrogens (tertiary/aromatic N) is 1. The van der Waals surface area contributed by atoms with Crippen LogP contribution in [0.1, 0.15) is 0 Å². The first-order chi connectivity index (χ1) is 29.3. The molecular weight excluding hydrogens is 733 g/mol. The summed E-state index contributed by atoms with van der Waals surface area (Å²) in [7, 11) is -2.81. The zero-order valence-electron chi connectivity index (χ0n) is 32.1. The standard InChI is InChI=1S/C54H36BNO2Si/c1-4-19-40(20-5-1)59(41-21-6-2-7-22-41,42-23-8-3-9-24-42)43-31-32-51-46(36-43)47-34-38(35-53-54(47)55(58-51)48-27-12-15-30-52(48)57-53)37-17-16-18-39(33-37)56-49-28-13-10-25-44(49)45-26-11-14-29-50(45)56/h1-36H. The Bertz CT molecular complexity index is 3090. The predicted octanol–water partition coefficient (Wildman–Crippen LogP) is 9.10. The van der Waals surface area contributed by atoms with Crippen LogP contribution in [0.3, 0.4) is 0 Å². The van der Waals surface area contributed by atoms with Crippen molar-refractivity contribution < 1.29 is 9.39 Å². The lowest BCUT2D eigenvalue weighted by molar-refractivity contribution is 0.479. The first-order valence-corrected chi connectivity index (χ1v) is 22.3. The van der Waals surface area contributed by atoms with Gasteiger partial charge in [0.05, 0.1) is 11.0 Å². The monoisotopic (exact) mass is 769 g/mol. The van der Waals surface area contributed by atoms with Gasteiger partial charge in [0.2, 0.25) is 0 Å². The van der Waals surface area contributed by atoms with Crippen LogP contribution >= 0.6 is 0 Å². The molecule has 2 aliphatic rings.